The van der Waals surface area contributed by atoms with Gasteiger partial charge in [0.1, 0.15) is 0 Å². The summed E-state index contributed by atoms with van der Waals surface area (Å²) in [5, 5.41) is 0. The second kappa shape index (κ2) is 25.0. The van der Waals surface area contributed by atoms with E-state index in [0.717, 1.165) is 5.92 Å². The Balaban J connectivity index is 3.00. The minimum atomic E-state index is 0.949. The van der Waals surface area contributed by atoms with Crippen molar-refractivity contribution in [1.29, 1.82) is 0 Å². The zero-order valence-electron chi connectivity index (χ0n) is 20.5. The molecule has 0 heteroatoms. The molecule has 0 radical (unpaired) electrons. The summed E-state index contributed by atoms with van der Waals surface area (Å²) in [6.45, 7) is 7.03. The number of unbranched alkanes of at least 4 members (excludes halogenated alkanes) is 21. The van der Waals surface area contributed by atoms with E-state index in [1.54, 1.807) is 0 Å². The molecule has 0 rings (SSSR count). The molecule has 1 atom stereocenters. The predicted octanol–water partition coefficient (Wildman–Crippen LogP) is 11.0. The highest BCUT2D eigenvalue weighted by Crippen LogP contribution is 2.16. The molecular weight excluding hydrogens is 336 g/mol. The van der Waals surface area contributed by atoms with Gasteiger partial charge in [-0.1, -0.05) is 175 Å². The lowest BCUT2D eigenvalue weighted by molar-refractivity contribution is 0.468. The van der Waals surface area contributed by atoms with E-state index in [1.807, 2.05) is 0 Å². The maximum atomic E-state index is 2.40. The van der Waals surface area contributed by atoms with Gasteiger partial charge in [0.25, 0.3) is 0 Å². The number of hydrogen-bond acceptors (Lipinski definition) is 0. The first-order valence-electron chi connectivity index (χ1n) is 13.8. The van der Waals surface area contributed by atoms with Crippen LogP contribution < -0.4 is 0 Å². The van der Waals surface area contributed by atoms with E-state index >= 15 is 0 Å². The van der Waals surface area contributed by atoms with Crippen LogP contribution >= 0.6 is 0 Å². The van der Waals surface area contributed by atoms with Crippen LogP contribution in [0, 0.1) is 5.92 Å². The van der Waals surface area contributed by atoms with Gasteiger partial charge in [-0.25, -0.2) is 0 Å². The molecule has 0 saturated carbocycles. The first kappa shape index (κ1) is 28.0. The Bertz CT molecular complexity index is 257. The van der Waals surface area contributed by atoms with Gasteiger partial charge in [0.05, 0.1) is 0 Å². The first-order chi connectivity index (χ1) is 13.8. The zero-order chi connectivity index (χ0) is 20.5. The molecule has 0 aliphatic heterocycles. The Hall–Kier alpha value is 0. The van der Waals surface area contributed by atoms with Crippen LogP contribution in [0.25, 0.3) is 0 Å². The van der Waals surface area contributed by atoms with E-state index < -0.39 is 0 Å². The van der Waals surface area contributed by atoms with Crippen molar-refractivity contribution in [2.24, 2.45) is 5.92 Å². The number of rotatable bonds is 24. The fourth-order valence-electron chi connectivity index (χ4n) is 4.31. The van der Waals surface area contributed by atoms with Crippen LogP contribution in [-0.2, 0) is 0 Å². The number of hydrogen-bond donors (Lipinski definition) is 0. The molecule has 0 aliphatic rings. The largest absolute Gasteiger partial charge is 0.0654 e. The highest BCUT2D eigenvalue weighted by Gasteiger charge is 1.98. The Morgan fingerprint density at radius 2 is 0.607 bits per heavy atom. The molecule has 0 aliphatic carbocycles. The summed E-state index contributed by atoms with van der Waals surface area (Å²) in [5.41, 5.74) is 0. The quantitative estimate of drug-likeness (QED) is 0.143. The molecule has 0 nitrogen and oxygen atoms in total. The van der Waals surface area contributed by atoms with Crippen LogP contribution in [-0.4, -0.2) is 0 Å². The van der Waals surface area contributed by atoms with Gasteiger partial charge in [0.15, 0.2) is 0 Å². The normalized spacial score (nSPS) is 12.5. The third kappa shape index (κ3) is 24.0. The van der Waals surface area contributed by atoms with Gasteiger partial charge in [-0.3, -0.25) is 0 Å². The zero-order valence-corrected chi connectivity index (χ0v) is 20.5. The summed E-state index contributed by atoms with van der Waals surface area (Å²) in [5.74, 6) is 0.949. The van der Waals surface area contributed by atoms with Crippen molar-refractivity contribution < 1.29 is 0 Å². The maximum Gasteiger partial charge on any atom is -0.0445 e. The van der Waals surface area contributed by atoms with Crippen LogP contribution in [0.3, 0.4) is 0 Å². The molecule has 0 spiro atoms. The van der Waals surface area contributed by atoms with Crippen LogP contribution in [0.2, 0.25) is 0 Å². The van der Waals surface area contributed by atoms with Crippen molar-refractivity contribution in [2.45, 2.75) is 175 Å². The first-order valence-corrected chi connectivity index (χ1v) is 13.8. The van der Waals surface area contributed by atoms with E-state index in [0.29, 0.717) is 0 Å². The van der Waals surface area contributed by atoms with Crippen LogP contribution in [0.15, 0.2) is 0 Å². The van der Waals surface area contributed by atoms with Gasteiger partial charge in [-0.2, -0.15) is 0 Å². The van der Waals surface area contributed by atoms with Gasteiger partial charge in [0.2, 0.25) is 0 Å². The fourth-order valence-corrected chi connectivity index (χ4v) is 4.31. The molecule has 0 saturated heterocycles. The Morgan fingerprint density at radius 1 is 0.357 bits per heavy atom. The summed E-state index contributed by atoms with van der Waals surface area (Å²) in [7, 11) is 0. The Kier molecular flexibility index (Phi) is 25.0. The van der Waals surface area contributed by atoms with Gasteiger partial charge in [0, 0.05) is 0 Å². The van der Waals surface area contributed by atoms with Crippen LogP contribution in [0.5, 0.6) is 0 Å². The summed E-state index contributed by atoms with van der Waals surface area (Å²) in [6.07, 6.45) is 35.4. The molecule has 0 heterocycles. The van der Waals surface area contributed by atoms with Crippen LogP contribution in [0.1, 0.15) is 175 Å². The Labute approximate surface area is 181 Å². The molecule has 0 bridgehead atoms. The summed E-state index contributed by atoms with van der Waals surface area (Å²) < 4.78 is 0. The lowest BCUT2D eigenvalue weighted by Gasteiger charge is -2.07. The van der Waals surface area contributed by atoms with Gasteiger partial charge in [-0.05, 0) is 5.92 Å². The second-order valence-corrected chi connectivity index (χ2v) is 9.73. The van der Waals surface area contributed by atoms with Crippen molar-refractivity contribution in [2.75, 3.05) is 0 Å². The Morgan fingerprint density at radius 3 is 0.857 bits per heavy atom. The van der Waals surface area contributed by atoms with E-state index in [1.165, 1.54) is 154 Å². The average molecular weight is 395 g/mol. The molecule has 0 fully saturated rings. The lowest BCUT2D eigenvalue weighted by Crippen LogP contribution is -1.91. The van der Waals surface area contributed by atoms with Crippen LogP contribution in [0.4, 0.5) is 0 Å². The van der Waals surface area contributed by atoms with Crippen molar-refractivity contribution in [3.63, 3.8) is 0 Å². The second-order valence-electron chi connectivity index (χ2n) is 9.73. The molecule has 28 heavy (non-hydrogen) atoms. The standard InChI is InChI=1S/C28H58/c1-4-6-7-8-9-10-11-12-13-14-15-16-17-18-19-20-21-22-23-24-25-26-27-28(3)5-2/h28H,4-27H2,1-3H3. The monoisotopic (exact) mass is 394 g/mol. The smallest absolute Gasteiger partial charge is 0.0445 e. The third-order valence-electron chi connectivity index (χ3n) is 6.75. The average Bonchev–Trinajstić information content (AvgIpc) is 2.71. The van der Waals surface area contributed by atoms with Crippen molar-refractivity contribution in [3.8, 4) is 0 Å². The van der Waals surface area contributed by atoms with E-state index in [2.05, 4.69) is 20.8 Å². The molecular formula is C28H58. The molecule has 0 N–H and O–H groups in total. The maximum absolute atomic E-state index is 2.40. The highest BCUT2D eigenvalue weighted by molar-refractivity contribution is 4.53. The van der Waals surface area contributed by atoms with Gasteiger partial charge in [-0.15, -0.1) is 0 Å². The summed E-state index contributed by atoms with van der Waals surface area (Å²) in [6, 6.07) is 0. The van der Waals surface area contributed by atoms with E-state index in [4.69, 9.17) is 0 Å². The SMILES string of the molecule is CCCCCCCCCCCCCCCCCCCCCCCCC(C)CC. The lowest BCUT2D eigenvalue weighted by atomic mass is 9.99. The van der Waals surface area contributed by atoms with E-state index in [-0.39, 0.29) is 0 Å². The van der Waals surface area contributed by atoms with Crippen molar-refractivity contribution in [3.05, 3.63) is 0 Å². The molecule has 1 unspecified atom stereocenters. The minimum Gasteiger partial charge on any atom is -0.0654 e. The molecule has 0 aromatic carbocycles. The summed E-state index contributed by atoms with van der Waals surface area (Å²) in [4.78, 5) is 0. The molecule has 170 valence electrons. The van der Waals surface area contributed by atoms with E-state index in [9.17, 15) is 0 Å². The third-order valence-corrected chi connectivity index (χ3v) is 6.75. The van der Waals surface area contributed by atoms with Gasteiger partial charge >= 0.3 is 0 Å². The fraction of sp³-hybridized carbons (Fsp3) is 1.00. The minimum absolute atomic E-state index is 0.949. The van der Waals surface area contributed by atoms with Gasteiger partial charge < -0.3 is 0 Å². The molecule has 0 aromatic rings. The summed E-state index contributed by atoms with van der Waals surface area (Å²) >= 11 is 0. The topological polar surface area (TPSA) is 0 Å². The highest BCUT2D eigenvalue weighted by atomic mass is 14.0. The molecule has 0 aromatic heterocycles. The van der Waals surface area contributed by atoms with Crippen molar-refractivity contribution in [1.82, 2.24) is 0 Å². The van der Waals surface area contributed by atoms with Crippen molar-refractivity contribution >= 4 is 0 Å². The molecule has 0 amide bonds. The predicted molar refractivity (Wildman–Crippen MR) is 131 cm³/mol.